The molecule has 2 amide bonds. The van der Waals surface area contributed by atoms with Gasteiger partial charge in [0.1, 0.15) is 17.4 Å². The van der Waals surface area contributed by atoms with Crippen molar-refractivity contribution in [2.24, 2.45) is 5.73 Å². The Balaban J connectivity index is 2.25. The van der Waals surface area contributed by atoms with E-state index in [1.165, 1.54) is 12.1 Å². The first-order valence-electron chi connectivity index (χ1n) is 7.01. The average Bonchev–Trinajstić information content (AvgIpc) is 2.60. The molecular weight excluding hydrogens is 306 g/mol. The summed E-state index contributed by atoms with van der Waals surface area (Å²) in [5.74, 6) is -0.615. The number of hydrogen-bond acceptors (Lipinski definition) is 4. The smallest absolute Gasteiger partial charge is 0.266 e. The monoisotopic (exact) mass is 321 g/mol. The van der Waals surface area contributed by atoms with Gasteiger partial charge in [0.2, 0.25) is 0 Å². The van der Waals surface area contributed by atoms with Gasteiger partial charge in [-0.3, -0.25) is 9.59 Å². The summed E-state index contributed by atoms with van der Waals surface area (Å²) in [5.41, 5.74) is 6.27. The molecule has 0 aliphatic heterocycles. The largest absolute Gasteiger partial charge is 0.497 e. The molecule has 0 atom stereocenters. The molecule has 0 radical (unpaired) electrons. The van der Waals surface area contributed by atoms with Crippen LogP contribution in [-0.4, -0.2) is 18.9 Å². The normalized spacial score (nSPS) is 10.6. The number of methoxy groups -OCH3 is 1. The van der Waals surface area contributed by atoms with Gasteiger partial charge < -0.3 is 15.8 Å². The van der Waals surface area contributed by atoms with Crippen LogP contribution >= 0.6 is 0 Å². The fraction of sp³-hybridized carbons (Fsp3) is 0.0556. The van der Waals surface area contributed by atoms with Crippen LogP contribution in [0.15, 0.2) is 54.1 Å². The Morgan fingerprint density at radius 1 is 1.17 bits per heavy atom. The van der Waals surface area contributed by atoms with Gasteiger partial charge in [-0.15, -0.1) is 0 Å². The quantitative estimate of drug-likeness (QED) is 0.651. The van der Waals surface area contributed by atoms with Crippen LogP contribution in [0.1, 0.15) is 15.9 Å². The topological polar surface area (TPSA) is 105 Å². The zero-order chi connectivity index (χ0) is 17.5. The van der Waals surface area contributed by atoms with Gasteiger partial charge in [-0.25, -0.2) is 0 Å². The van der Waals surface area contributed by atoms with Crippen molar-refractivity contribution in [3.63, 3.8) is 0 Å². The number of nitrogens with two attached hydrogens (primary N) is 1. The predicted octanol–water partition coefficient (Wildman–Crippen LogP) is 2.34. The molecule has 0 saturated carbocycles. The molecule has 0 unspecified atom stereocenters. The third-order valence-corrected chi connectivity index (χ3v) is 3.23. The number of amides is 2. The lowest BCUT2D eigenvalue weighted by molar-refractivity contribution is -0.112. The highest BCUT2D eigenvalue weighted by Crippen LogP contribution is 2.17. The zero-order valence-electron chi connectivity index (χ0n) is 12.9. The second-order valence-corrected chi connectivity index (χ2v) is 4.81. The highest BCUT2D eigenvalue weighted by molar-refractivity contribution is 6.12. The summed E-state index contributed by atoms with van der Waals surface area (Å²) in [6, 6.07) is 15.1. The maximum Gasteiger partial charge on any atom is 0.266 e. The van der Waals surface area contributed by atoms with Crippen LogP contribution in [0.3, 0.4) is 0 Å². The number of benzene rings is 2. The summed E-state index contributed by atoms with van der Waals surface area (Å²) in [7, 11) is 1.55. The van der Waals surface area contributed by atoms with Gasteiger partial charge in [-0.05, 0) is 35.9 Å². The van der Waals surface area contributed by atoms with E-state index in [1.54, 1.807) is 49.6 Å². The molecule has 0 spiro atoms. The van der Waals surface area contributed by atoms with E-state index in [2.05, 4.69) is 5.32 Å². The summed E-state index contributed by atoms with van der Waals surface area (Å²) in [6.45, 7) is 0. The van der Waals surface area contributed by atoms with Gasteiger partial charge in [-0.2, -0.15) is 5.26 Å². The molecule has 6 nitrogen and oxygen atoms in total. The molecule has 120 valence electrons. The standard InChI is InChI=1S/C18H15N3O3/c1-24-14-8-6-12(7-9-14)10-13(11-19)18(23)21-16-5-3-2-4-15(16)17(20)22/h2-10H,1H3,(H2,20,22)(H,21,23)/b13-10+. The molecule has 0 aliphatic carbocycles. The second kappa shape index (κ2) is 7.61. The van der Waals surface area contributed by atoms with E-state index in [0.29, 0.717) is 11.3 Å². The number of carbonyl (C=O) groups excluding carboxylic acids is 2. The van der Waals surface area contributed by atoms with Crippen LogP contribution < -0.4 is 15.8 Å². The van der Waals surface area contributed by atoms with Crippen LogP contribution in [0.4, 0.5) is 5.69 Å². The summed E-state index contributed by atoms with van der Waals surface area (Å²) in [5, 5.41) is 11.8. The summed E-state index contributed by atoms with van der Waals surface area (Å²) < 4.78 is 5.05. The Morgan fingerprint density at radius 2 is 1.83 bits per heavy atom. The predicted molar refractivity (Wildman–Crippen MR) is 90.2 cm³/mol. The number of nitriles is 1. The number of anilines is 1. The molecule has 0 aliphatic rings. The fourth-order valence-electron chi connectivity index (χ4n) is 2.01. The van der Waals surface area contributed by atoms with Crippen molar-refractivity contribution in [1.82, 2.24) is 0 Å². The average molecular weight is 321 g/mol. The maximum absolute atomic E-state index is 12.3. The maximum atomic E-state index is 12.3. The van der Waals surface area contributed by atoms with Crippen LogP contribution in [-0.2, 0) is 4.79 Å². The number of nitrogens with one attached hydrogen (secondary N) is 1. The molecule has 2 aromatic carbocycles. The lowest BCUT2D eigenvalue weighted by atomic mass is 10.1. The zero-order valence-corrected chi connectivity index (χ0v) is 12.9. The molecule has 0 bridgehead atoms. The number of hydrogen-bond donors (Lipinski definition) is 2. The van der Waals surface area contributed by atoms with Crippen LogP contribution in [0.5, 0.6) is 5.75 Å². The first-order valence-corrected chi connectivity index (χ1v) is 7.01. The molecule has 2 aromatic rings. The van der Waals surface area contributed by atoms with E-state index in [4.69, 9.17) is 10.5 Å². The van der Waals surface area contributed by atoms with Crippen molar-refractivity contribution in [2.75, 3.05) is 12.4 Å². The van der Waals surface area contributed by atoms with Gasteiger partial charge in [-0.1, -0.05) is 24.3 Å². The van der Waals surface area contributed by atoms with E-state index < -0.39 is 11.8 Å². The Bertz CT molecular complexity index is 833. The van der Waals surface area contributed by atoms with Crippen molar-refractivity contribution in [3.8, 4) is 11.8 Å². The summed E-state index contributed by atoms with van der Waals surface area (Å²) >= 11 is 0. The van der Waals surface area contributed by atoms with Crippen molar-refractivity contribution < 1.29 is 14.3 Å². The molecule has 0 saturated heterocycles. The van der Waals surface area contributed by atoms with Crippen molar-refractivity contribution >= 4 is 23.6 Å². The van der Waals surface area contributed by atoms with Gasteiger partial charge >= 0.3 is 0 Å². The number of primary amides is 1. The Morgan fingerprint density at radius 3 is 2.42 bits per heavy atom. The minimum Gasteiger partial charge on any atom is -0.497 e. The highest BCUT2D eigenvalue weighted by Gasteiger charge is 2.13. The minimum atomic E-state index is -0.663. The van der Waals surface area contributed by atoms with E-state index >= 15 is 0 Å². The second-order valence-electron chi connectivity index (χ2n) is 4.81. The molecule has 24 heavy (non-hydrogen) atoms. The molecule has 0 heterocycles. The van der Waals surface area contributed by atoms with Crippen molar-refractivity contribution in [2.45, 2.75) is 0 Å². The van der Waals surface area contributed by atoms with Crippen LogP contribution in [0.2, 0.25) is 0 Å². The Labute approximate surface area is 139 Å². The van der Waals surface area contributed by atoms with Crippen molar-refractivity contribution in [1.29, 1.82) is 5.26 Å². The Hall–Kier alpha value is -3.59. The Kier molecular flexibility index (Phi) is 5.32. The lowest BCUT2D eigenvalue weighted by Gasteiger charge is -2.08. The van der Waals surface area contributed by atoms with Gasteiger partial charge in [0.15, 0.2) is 0 Å². The molecule has 2 rings (SSSR count). The van der Waals surface area contributed by atoms with Crippen LogP contribution in [0, 0.1) is 11.3 Å². The number of carbonyl (C=O) groups is 2. The molecular formula is C18H15N3O3. The van der Waals surface area contributed by atoms with E-state index in [0.717, 1.165) is 0 Å². The summed E-state index contributed by atoms with van der Waals surface area (Å²) in [6.07, 6.45) is 1.45. The summed E-state index contributed by atoms with van der Waals surface area (Å²) in [4.78, 5) is 23.6. The number of para-hydroxylation sites is 1. The van der Waals surface area contributed by atoms with Gasteiger partial charge in [0, 0.05) is 0 Å². The number of nitrogens with zero attached hydrogens (tertiary/aromatic N) is 1. The molecule has 0 aromatic heterocycles. The first kappa shape index (κ1) is 16.8. The third-order valence-electron chi connectivity index (χ3n) is 3.23. The van der Waals surface area contributed by atoms with Gasteiger partial charge in [0.05, 0.1) is 18.4 Å². The minimum absolute atomic E-state index is 0.0977. The number of ether oxygens (including phenoxy) is 1. The van der Waals surface area contributed by atoms with Gasteiger partial charge in [0.25, 0.3) is 11.8 Å². The molecule has 3 N–H and O–H groups in total. The van der Waals surface area contributed by atoms with Crippen LogP contribution in [0.25, 0.3) is 6.08 Å². The van der Waals surface area contributed by atoms with E-state index in [1.807, 2.05) is 6.07 Å². The fourth-order valence-corrected chi connectivity index (χ4v) is 2.01. The molecule has 0 fully saturated rings. The first-order chi connectivity index (χ1) is 11.5. The number of rotatable bonds is 5. The highest BCUT2D eigenvalue weighted by atomic mass is 16.5. The van der Waals surface area contributed by atoms with E-state index in [9.17, 15) is 14.9 Å². The SMILES string of the molecule is COc1ccc(/C=C(\C#N)C(=O)Nc2ccccc2C(N)=O)cc1. The molecule has 6 heteroatoms. The lowest BCUT2D eigenvalue weighted by Crippen LogP contribution is -2.19. The van der Waals surface area contributed by atoms with Crippen molar-refractivity contribution in [3.05, 3.63) is 65.2 Å². The van der Waals surface area contributed by atoms with E-state index in [-0.39, 0.29) is 16.8 Å². The third kappa shape index (κ3) is 3.99.